The van der Waals surface area contributed by atoms with Crippen LogP contribution in [0.5, 0.6) is 0 Å². The number of nitrogens with one attached hydrogen (secondary N) is 1. The normalized spacial score (nSPS) is 11.5. The van der Waals surface area contributed by atoms with Gasteiger partial charge in [0.05, 0.1) is 16.7 Å². The van der Waals surface area contributed by atoms with Gasteiger partial charge in [0.1, 0.15) is 5.69 Å². The second-order valence-corrected chi connectivity index (χ2v) is 6.50. The van der Waals surface area contributed by atoms with Crippen LogP contribution in [0, 0.1) is 0 Å². The van der Waals surface area contributed by atoms with Crippen molar-refractivity contribution in [2.24, 2.45) is 0 Å². The Bertz CT molecular complexity index is 999. The molecule has 4 nitrogen and oxygen atoms in total. The molecule has 0 radical (unpaired) electrons. The van der Waals surface area contributed by atoms with Crippen LogP contribution >= 0.6 is 11.6 Å². The molecular formula is C19H17ClN4. The average molecular weight is 337 g/mol. The molecule has 0 fully saturated rings. The van der Waals surface area contributed by atoms with Gasteiger partial charge in [-0.2, -0.15) is 5.10 Å². The number of benzene rings is 2. The third kappa shape index (κ3) is 2.59. The van der Waals surface area contributed by atoms with Gasteiger partial charge in [0.15, 0.2) is 5.82 Å². The largest absolute Gasteiger partial charge is 0.337 e. The van der Waals surface area contributed by atoms with Gasteiger partial charge in [0.25, 0.3) is 0 Å². The van der Waals surface area contributed by atoms with Crippen LogP contribution in [-0.4, -0.2) is 19.7 Å². The van der Waals surface area contributed by atoms with Gasteiger partial charge in [-0.15, -0.1) is 0 Å². The van der Waals surface area contributed by atoms with Crippen LogP contribution in [-0.2, 0) is 0 Å². The lowest BCUT2D eigenvalue weighted by Crippen LogP contribution is -2.04. The maximum Gasteiger partial charge on any atom is 0.159 e. The standard InChI is InChI=1S/C19H17ClN4/c1-12(2)24-18(13-6-4-3-5-7-13)11-17(23-24)19-21-15-9-8-14(20)10-16(15)22-19/h3-12H,1-2H3,(H,21,22). The fraction of sp³-hybridized carbons (Fsp3) is 0.158. The monoisotopic (exact) mass is 336 g/mol. The number of aromatic amines is 1. The lowest BCUT2D eigenvalue weighted by atomic mass is 10.1. The van der Waals surface area contributed by atoms with Gasteiger partial charge in [0.2, 0.25) is 0 Å². The van der Waals surface area contributed by atoms with E-state index in [1.807, 2.05) is 41.1 Å². The minimum Gasteiger partial charge on any atom is -0.337 e. The molecule has 0 aliphatic carbocycles. The summed E-state index contributed by atoms with van der Waals surface area (Å²) in [6, 6.07) is 18.3. The molecule has 24 heavy (non-hydrogen) atoms. The molecule has 0 unspecified atom stereocenters. The number of hydrogen-bond donors (Lipinski definition) is 1. The van der Waals surface area contributed by atoms with Gasteiger partial charge in [-0.05, 0) is 43.7 Å². The Morgan fingerprint density at radius 3 is 2.58 bits per heavy atom. The number of fused-ring (bicyclic) bond motifs is 1. The molecular weight excluding hydrogens is 320 g/mol. The van der Waals surface area contributed by atoms with Crippen molar-refractivity contribution >= 4 is 22.6 Å². The van der Waals surface area contributed by atoms with Gasteiger partial charge >= 0.3 is 0 Å². The Hall–Kier alpha value is -2.59. The Morgan fingerprint density at radius 2 is 1.83 bits per heavy atom. The molecule has 0 bridgehead atoms. The Labute approximate surface area is 145 Å². The second-order valence-electron chi connectivity index (χ2n) is 6.07. The van der Waals surface area contributed by atoms with E-state index >= 15 is 0 Å². The summed E-state index contributed by atoms with van der Waals surface area (Å²) in [6.07, 6.45) is 0. The van der Waals surface area contributed by atoms with E-state index in [0.717, 1.165) is 33.8 Å². The molecule has 1 N–H and O–H groups in total. The third-order valence-electron chi connectivity index (χ3n) is 3.98. The highest BCUT2D eigenvalue weighted by Crippen LogP contribution is 2.28. The molecule has 0 aliphatic rings. The van der Waals surface area contributed by atoms with Crippen molar-refractivity contribution in [3.63, 3.8) is 0 Å². The van der Waals surface area contributed by atoms with Crippen molar-refractivity contribution in [1.29, 1.82) is 0 Å². The third-order valence-corrected chi connectivity index (χ3v) is 4.22. The molecule has 0 aliphatic heterocycles. The zero-order valence-corrected chi connectivity index (χ0v) is 14.2. The van der Waals surface area contributed by atoms with E-state index in [1.165, 1.54) is 0 Å². The van der Waals surface area contributed by atoms with Gasteiger partial charge in [0, 0.05) is 11.1 Å². The van der Waals surface area contributed by atoms with Crippen LogP contribution in [0.15, 0.2) is 54.6 Å². The highest BCUT2D eigenvalue weighted by molar-refractivity contribution is 6.31. The van der Waals surface area contributed by atoms with Crippen molar-refractivity contribution in [1.82, 2.24) is 19.7 Å². The summed E-state index contributed by atoms with van der Waals surface area (Å²) >= 11 is 6.06. The highest BCUT2D eigenvalue weighted by atomic mass is 35.5. The first-order valence-electron chi connectivity index (χ1n) is 7.92. The first-order chi connectivity index (χ1) is 11.6. The second kappa shape index (κ2) is 5.80. The summed E-state index contributed by atoms with van der Waals surface area (Å²) in [5.41, 5.74) is 4.85. The zero-order valence-electron chi connectivity index (χ0n) is 13.5. The summed E-state index contributed by atoms with van der Waals surface area (Å²) in [5, 5.41) is 5.45. The Kier molecular flexibility index (Phi) is 3.62. The molecule has 2 aromatic carbocycles. The molecule has 2 aromatic heterocycles. The lowest BCUT2D eigenvalue weighted by molar-refractivity contribution is 0.540. The number of H-pyrrole nitrogens is 1. The molecule has 0 saturated carbocycles. The van der Waals surface area contributed by atoms with Gasteiger partial charge < -0.3 is 4.98 Å². The molecule has 0 saturated heterocycles. The van der Waals surface area contributed by atoms with Crippen molar-refractivity contribution in [2.75, 3.05) is 0 Å². The molecule has 4 rings (SSSR count). The predicted octanol–water partition coefficient (Wildman–Crippen LogP) is 5.33. The van der Waals surface area contributed by atoms with Gasteiger partial charge in [-0.3, -0.25) is 4.68 Å². The molecule has 0 spiro atoms. The number of halogens is 1. The maximum atomic E-state index is 6.06. The van der Waals surface area contributed by atoms with Crippen molar-refractivity contribution in [3.8, 4) is 22.8 Å². The summed E-state index contributed by atoms with van der Waals surface area (Å²) in [4.78, 5) is 7.95. The van der Waals surface area contributed by atoms with Crippen LogP contribution in [0.1, 0.15) is 19.9 Å². The summed E-state index contributed by atoms with van der Waals surface area (Å²) < 4.78 is 2.03. The van der Waals surface area contributed by atoms with E-state index in [4.69, 9.17) is 16.7 Å². The first kappa shape index (κ1) is 15.0. The first-order valence-corrected chi connectivity index (χ1v) is 8.30. The van der Waals surface area contributed by atoms with Crippen LogP contribution in [0.4, 0.5) is 0 Å². The van der Waals surface area contributed by atoms with Crippen LogP contribution in [0.2, 0.25) is 5.02 Å². The summed E-state index contributed by atoms with van der Waals surface area (Å²) in [5.74, 6) is 0.754. The van der Waals surface area contributed by atoms with Crippen molar-refractivity contribution in [3.05, 3.63) is 59.6 Å². The molecule has 5 heteroatoms. The van der Waals surface area contributed by atoms with E-state index in [-0.39, 0.29) is 6.04 Å². The quantitative estimate of drug-likeness (QED) is 0.549. The van der Waals surface area contributed by atoms with E-state index in [2.05, 4.69) is 42.0 Å². The van der Waals surface area contributed by atoms with E-state index in [9.17, 15) is 0 Å². The predicted molar refractivity (Wildman–Crippen MR) is 98.1 cm³/mol. The topological polar surface area (TPSA) is 46.5 Å². The molecule has 120 valence electrons. The molecule has 4 aromatic rings. The fourth-order valence-corrected chi connectivity index (χ4v) is 3.00. The molecule has 0 atom stereocenters. The molecule has 0 amide bonds. The SMILES string of the molecule is CC(C)n1nc(-c2nc3ccc(Cl)cc3[nH]2)cc1-c1ccccc1. The zero-order chi connectivity index (χ0) is 16.7. The van der Waals surface area contributed by atoms with Gasteiger partial charge in [-0.25, -0.2) is 4.98 Å². The van der Waals surface area contributed by atoms with E-state index in [1.54, 1.807) is 0 Å². The summed E-state index contributed by atoms with van der Waals surface area (Å²) in [6.45, 7) is 4.25. The Balaban J connectivity index is 1.86. The number of nitrogens with zero attached hydrogens (tertiary/aromatic N) is 3. The summed E-state index contributed by atoms with van der Waals surface area (Å²) in [7, 11) is 0. The smallest absolute Gasteiger partial charge is 0.159 e. The van der Waals surface area contributed by atoms with Crippen LogP contribution in [0.25, 0.3) is 33.8 Å². The fourth-order valence-electron chi connectivity index (χ4n) is 2.83. The number of aromatic nitrogens is 4. The van der Waals surface area contributed by atoms with Gasteiger partial charge in [-0.1, -0.05) is 41.9 Å². The maximum absolute atomic E-state index is 6.06. The molecule has 2 heterocycles. The minimum atomic E-state index is 0.257. The Morgan fingerprint density at radius 1 is 1.04 bits per heavy atom. The number of rotatable bonds is 3. The average Bonchev–Trinajstić information content (AvgIpc) is 3.19. The lowest BCUT2D eigenvalue weighted by Gasteiger charge is -2.10. The minimum absolute atomic E-state index is 0.257. The number of hydrogen-bond acceptors (Lipinski definition) is 2. The van der Waals surface area contributed by atoms with E-state index < -0.39 is 0 Å². The van der Waals surface area contributed by atoms with Crippen LogP contribution in [0.3, 0.4) is 0 Å². The van der Waals surface area contributed by atoms with E-state index in [0.29, 0.717) is 5.02 Å². The van der Waals surface area contributed by atoms with Crippen LogP contribution < -0.4 is 0 Å². The highest BCUT2D eigenvalue weighted by Gasteiger charge is 2.16. The van der Waals surface area contributed by atoms with Crippen molar-refractivity contribution < 1.29 is 0 Å². The number of imidazole rings is 1. The van der Waals surface area contributed by atoms with Crippen molar-refractivity contribution in [2.45, 2.75) is 19.9 Å².